The summed E-state index contributed by atoms with van der Waals surface area (Å²) in [6.45, 7) is 2.12. The number of halogens is 1. The normalized spacial score (nSPS) is 15.5. The van der Waals surface area contributed by atoms with Gasteiger partial charge in [-0.05, 0) is 60.9 Å². The van der Waals surface area contributed by atoms with Crippen molar-refractivity contribution < 1.29 is 17.9 Å². The van der Waals surface area contributed by atoms with Gasteiger partial charge in [0, 0.05) is 28.3 Å². The Hall–Kier alpha value is -2.68. The molecule has 0 unspecified atom stereocenters. The van der Waals surface area contributed by atoms with E-state index in [9.17, 15) is 13.2 Å². The van der Waals surface area contributed by atoms with Gasteiger partial charge in [0.05, 0.1) is 7.11 Å². The molecule has 1 N–H and O–H groups in total. The molecule has 166 valence electrons. The molecule has 0 radical (unpaired) electrons. The number of hydrogen-bond donors (Lipinski definition) is 1. The van der Waals surface area contributed by atoms with Crippen LogP contribution < -0.4 is 14.4 Å². The van der Waals surface area contributed by atoms with Crippen molar-refractivity contribution in [2.45, 2.75) is 30.8 Å². The number of anilines is 1. The molecule has 4 rings (SSSR count). The number of benzene rings is 3. The summed E-state index contributed by atoms with van der Waals surface area (Å²) in [6.07, 6.45) is 0.737. The van der Waals surface area contributed by atoms with Crippen molar-refractivity contribution in [3.8, 4) is 5.75 Å². The fraction of sp³-hybridized carbons (Fsp3) is 0.208. The van der Waals surface area contributed by atoms with Gasteiger partial charge in [-0.1, -0.05) is 46.3 Å². The fourth-order valence-corrected chi connectivity index (χ4v) is 5.54. The number of nitrogens with one attached hydrogen (secondary N) is 1. The minimum absolute atomic E-state index is 0.0369. The number of carbonyl (C=O) groups excluding carboxylic acids is 1. The molecular weight excluding hydrogens is 492 g/mol. The van der Waals surface area contributed by atoms with E-state index in [2.05, 4.69) is 20.7 Å². The first-order valence-electron chi connectivity index (χ1n) is 10.1. The number of amides is 1. The van der Waals surface area contributed by atoms with E-state index in [0.717, 1.165) is 27.7 Å². The van der Waals surface area contributed by atoms with E-state index in [-0.39, 0.29) is 34.7 Å². The second-order valence-corrected chi connectivity index (χ2v) is 10.3. The van der Waals surface area contributed by atoms with E-state index in [1.54, 1.807) is 11.0 Å². The Morgan fingerprint density at radius 1 is 1.12 bits per heavy atom. The molecule has 0 spiro atoms. The molecule has 1 amide bonds. The van der Waals surface area contributed by atoms with Crippen molar-refractivity contribution in [1.82, 2.24) is 4.72 Å². The van der Waals surface area contributed by atoms with Crippen LogP contribution in [0.2, 0.25) is 0 Å². The standard InChI is InChI=1S/C24H23BrN2O4S/c1-16-12-19-13-20(25)9-10-21(19)27(16)24(28)18-8-11-22(31-2)23(14-18)32(29,30)26-15-17-6-4-3-5-7-17/h3-11,13-14,16,26H,12,15H2,1-2H3/t16-/m0/s1. The maximum atomic E-state index is 13.4. The van der Waals surface area contributed by atoms with Gasteiger partial charge in [-0.2, -0.15) is 0 Å². The summed E-state index contributed by atoms with van der Waals surface area (Å²) in [5.41, 5.74) is 3.03. The summed E-state index contributed by atoms with van der Waals surface area (Å²) in [7, 11) is -2.51. The van der Waals surface area contributed by atoms with Gasteiger partial charge in [0.2, 0.25) is 10.0 Å². The molecule has 1 heterocycles. The van der Waals surface area contributed by atoms with Crippen LogP contribution in [-0.2, 0) is 23.0 Å². The quantitative estimate of drug-likeness (QED) is 0.524. The second-order valence-electron chi connectivity index (χ2n) is 7.68. The van der Waals surface area contributed by atoms with Crippen molar-refractivity contribution in [1.29, 1.82) is 0 Å². The first-order chi connectivity index (χ1) is 15.3. The molecule has 1 aliphatic heterocycles. The largest absolute Gasteiger partial charge is 0.495 e. The monoisotopic (exact) mass is 514 g/mol. The summed E-state index contributed by atoms with van der Waals surface area (Å²) in [5.74, 6) is -0.0679. The molecule has 1 atom stereocenters. The van der Waals surface area contributed by atoms with Crippen LogP contribution in [0.4, 0.5) is 5.69 Å². The maximum absolute atomic E-state index is 13.4. The van der Waals surface area contributed by atoms with E-state index < -0.39 is 10.0 Å². The predicted octanol–water partition coefficient (Wildman–Crippen LogP) is 4.53. The third-order valence-electron chi connectivity index (χ3n) is 5.49. The van der Waals surface area contributed by atoms with E-state index in [1.807, 2.05) is 55.5 Å². The molecule has 8 heteroatoms. The molecule has 0 bridgehead atoms. The number of rotatable bonds is 6. The van der Waals surface area contributed by atoms with Crippen molar-refractivity contribution in [2.24, 2.45) is 0 Å². The van der Waals surface area contributed by atoms with Crippen LogP contribution >= 0.6 is 15.9 Å². The molecule has 6 nitrogen and oxygen atoms in total. The highest BCUT2D eigenvalue weighted by Gasteiger charge is 2.32. The molecule has 32 heavy (non-hydrogen) atoms. The van der Waals surface area contributed by atoms with Gasteiger partial charge in [-0.25, -0.2) is 13.1 Å². The molecule has 0 aromatic heterocycles. The zero-order valence-electron chi connectivity index (χ0n) is 17.7. The minimum atomic E-state index is -3.91. The third-order valence-corrected chi connectivity index (χ3v) is 7.40. The summed E-state index contributed by atoms with van der Waals surface area (Å²) in [5, 5.41) is 0. The van der Waals surface area contributed by atoms with Gasteiger partial charge in [-0.15, -0.1) is 0 Å². The second kappa shape index (κ2) is 9.05. The number of sulfonamides is 1. The predicted molar refractivity (Wildman–Crippen MR) is 128 cm³/mol. The van der Waals surface area contributed by atoms with Crippen LogP contribution in [0.15, 0.2) is 76.1 Å². The Balaban J connectivity index is 1.65. The molecular formula is C24H23BrN2O4S. The van der Waals surface area contributed by atoms with Gasteiger partial charge in [0.25, 0.3) is 5.91 Å². The summed E-state index contributed by atoms with van der Waals surface area (Å²) in [6, 6.07) is 19.5. The fourth-order valence-electron chi connectivity index (χ4n) is 3.92. The highest BCUT2D eigenvalue weighted by atomic mass is 79.9. The lowest BCUT2D eigenvalue weighted by molar-refractivity contribution is 0.0981. The Morgan fingerprint density at radius 3 is 2.59 bits per heavy atom. The van der Waals surface area contributed by atoms with Crippen molar-refractivity contribution in [3.63, 3.8) is 0 Å². The first-order valence-corrected chi connectivity index (χ1v) is 12.4. The van der Waals surface area contributed by atoms with E-state index >= 15 is 0 Å². The van der Waals surface area contributed by atoms with Gasteiger partial charge >= 0.3 is 0 Å². The molecule has 0 saturated heterocycles. The van der Waals surface area contributed by atoms with Crippen LogP contribution in [0, 0.1) is 0 Å². The average Bonchev–Trinajstić information content (AvgIpc) is 3.12. The molecule has 3 aromatic carbocycles. The summed E-state index contributed by atoms with van der Waals surface area (Å²) >= 11 is 3.47. The Bertz CT molecular complexity index is 1260. The van der Waals surface area contributed by atoms with E-state index in [0.29, 0.717) is 0 Å². The third kappa shape index (κ3) is 4.44. The highest BCUT2D eigenvalue weighted by molar-refractivity contribution is 9.10. The molecule has 0 fully saturated rings. The van der Waals surface area contributed by atoms with E-state index in [4.69, 9.17) is 4.74 Å². The average molecular weight is 515 g/mol. The zero-order chi connectivity index (χ0) is 22.9. The van der Waals surface area contributed by atoms with Crippen molar-refractivity contribution in [2.75, 3.05) is 12.0 Å². The van der Waals surface area contributed by atoms with Crippen LogP contribution in [0.25, 0.3) is 0 Å². The number of methoxy groups -OCH3 is 1. The lowest BCUT2D eigenvalue weighted by Gasteiger charge is -2.23. The Morgan fingerprint density at radius 2 is 1.88 bits per heavy atom. The number of nitrogens with zero attached hydrogens (tertiary/aromatic N) is 1. The maximum Gasteiger partial charge on any atom is 0.258 e. The van der Waals surface area contributed by atoms with Crippen molar-refractivity contribution >= 4 is 37.5 Å². The lowest BCUT2D eigenvalue weighted by Crippen LogP contribution is -2.36. The van der Waals surface area contributed by atoms with Crippen molar-refractivity contribution in [3.05, 3.63) is 87.9 Å². The molecule has 0 aliphatic carbocycles. The molecule has 3 aromatic rings. The van der Waals surface area contributed by atoms with Gasteiger partial charge in [-0.3, -0.25) is 4.79 Å². The van der Waals surface area contributed by atoms with Crippen LogP contribution in [0.5, 0.6) is 5.75 Å². The topological polar surface area (TPSA) is 75.7 Å². The van der Waals surface area contributed by atoms with Gasteiger partial charge in [0.15, 0.2) is 0 Å². The van der Waals surface area contributed by atoms with Crippen LogP contribution in [0.1, 0.15) is 28.4 Å². The molecule has 0 saturated carbocycles. The SMILES string of the molecule is COc1ccc(C(=O)N2c3ccc(Br)cc3C[C@@H]2C)cc1S(=O)(=O)NCc1ccccc1. The number of ether oxygens (including phenoxy) is 1. The Labute approximate surface area is 196 Å². The number of hydrogen-bond acceptors (Lipinski definition) is 4. The number of fused-ring (bicyclic) bond motifs is 1. The smallest absolute Gasteiger partial charge is 0.258 e. The van der Waals surface area contributed by atoms with Gasteiger partial charge < -0.3 is 9.64 Å². The zero-order valence-corrected chi connectivity index (χ0v) is 20.1. The van der Waals surface area contributed by atoms with E-state index in [1.165, 1.54) is 19.2 Å². The highest BCUT2D eigenvalue weighted by Crippen LogP contribution is 2.36. The first kappa shape index (κ1) is 22.5. The lowest BCUT2D eigenvalue weighted by atomic mass is 10.1. The van der Waals surface area contributed by atoms with Gasteiger partial charge in [0.1, 0.15) is 10.6 Å². The minimum Gasteiger partial charge on any atom is -0.495 e. The number of carbonyl (C=O) groups is 1. The van der Waals surface area contributed by atoms with Crippen LogP contribution in [-0.4, -0.2) is 27.5 Å². The summed E-state index contributed by atoms with van der Waals surface area (Å²) < 4.78 is 35.0. The Kier molecular flexibility index (Phi) is 6.37. The summed E-state index contributed by atoms with van der Waals surface area (Å²) in [4.78, 5) is 15.1. The molecule has 1 aliphatic rings. The van der Waals surface area contributed by atoms with Crippen LogP contribution in [0.3, 0.4) is 0 Å².